The van der Waals surface area contributed by atoms with Crippen LogP contribution in [-0.2, 0) is 28.5 Å². The fourth-order valence-corrected chi connectivity index (χ4v) is 2.30. The van der Waals surface area contributed by atoms with Crippen molar-refractivity contribution in [2.45, 2.75) is 6.10 Å². The highest BCUT2D eigenvalue weighted by atomic mass is 32.2. The first-order valence-corrected chi connectivity index (χ1v) is 8.20. The Morgan fingerprint density at radius 2 is 2.00 bits per heavy atom. The molecule has 0 atom stereocenters. The second kappa shape index (κ2) is 12.1. The molecule has 0 aromatic carbocycles. The van der Waals surface area contributed by atoms with Gasteiger partial charge in [0, 0.05) is 5.75 Å². The van der Waals surface area contributed by atoms with Crippen LogP contribution in [0.3, 0.4) is 0 Å². The molecule has 1 heterocycles. The minimum atomic E-state index is -0.806. The Morgan fingerprint density at radius 1 is 1.30 bits per heavy atom. The van der Waals surface area contributed by atoms with Gasteiger partial charge in [-0.15, -0.1) is 0 Å². The SMILES string of the molecule is C=CC(=O)NCCOC(=O)OCCSC(=S)OC1COCOC1. The first-order valence-electron chi connectivity index (χ1n) is 6.80. The van der Waals surface area contributed by atoms with Crippen molar-refractivity contribution in [2.24, 2.45) is 0 Å². The van der Waals surface area contributed by atoms with Gasteiger partial charge in [0.05, 0.1) is 19.8 Å². The zero-order valence-electron chi connectivity index (χ0n) is 12.5. The highest BCUT2D eigenvalue weighted by Crippen LogP contribution is 2.11. The van der Waals surface area contributed by atoms with Crippen LogP contribution in [0.2, 0.25) is 0 Å². The maximum absolute atomic E-state index is 11.2. The second-order valence-electron chi connectivity index (χ2n) is 4.14. The van der Waals surface area contributed by atoms with E-state index in [4.69, 9.17) is 35.9 Å². The fourth-order valence-electron chi connectivity index (χ4n) is 1.38. The zero-order valence-corrected chi connectivity index (χ0v) is 14.1. The Morgan fingerprint density at radius 3 is 2.70 bits per heavy atom. The van der Waals surface area contributed by atoms with Crippen molar-refractivity contribution < 1.29 is 33.3 Å². The number of carbonyl (C=O) groups is 2. The molecule has 0 aliphatic carbocycles. The molecule has 0 aromatic rings. The van der Waals surface area contributed by atoms with Crippen LogP contribution in [0.5, 0.6) is 0 Å². The Labute approximate surface area is 143 Å². The summed E-state index contributed by atoms with van der Waals surface area (Å²) >= 11 is 6.29. The Bertz CT molecular complexity index is 413. The summed E-state index contributed by atoms with van der Waals surface area (Å²) in [6.45, 7) is 4.78. The van der Waals surface area contributed by atoms with E-state index in [9.17, 15) is 9.59 Å². The van der Waals surface area contributed by atoms with Gasteiger partial charge in [-0.1, -0.05) is 18.3 Å². The molecule has 1 fully saturated rings. The monoisotopic (exact) mass is 365 g/mol. The first-order chi connectivity index (χ1) is 11.1. The molecule has 1 aliphatic rings. The van der Waals surface area contributed by atoms with Gasteiger partial charge < -0.3 is 29.0 Å². The van der Waals surface area contributed by atoms with Crippen molar-refractivity contribution >= 4 is 40.4 Å². The number of hydrogen-bond acceptors (Lipinski definition) is 9. The summed E-state index contributed by atoms with van der Waals surface area (Å²) < 4.78 is 25.5. The highest BCUT2D eigenvalue weighted by Gasteiger charge is 2.17. The average molecular weight is 365 g/mol. The van der Waals surface area contributed by atoms with Crippen LogP contribution in [-0.4, -0.2) is 68.1 Å². The van der Waals surface area contributed by atoms with Gasteiger partial charge in [-0.2, -0.15) is 0 Å². The van der Waals surface area contributed by atoms with E-state index in [-0.39, 0.29) is 38.6 Å². The predicted molar refractivity (Wildman–Crippen MR) is 87.2 cm³/mol. The van der Waals surface area contributed by atoms with Gasteiger partial charge in [-0.25, -0.2) is 4.79 Å². The molecule has 0 unspecified atom stereocenters. The van der Waals surface area contributed by atoms with E-state index in [1.54, 1.807) is 0 Å². The molecule has 10 heteroatoms. The molecule has 1 amide bonds. The largest absolute Gasteiger partial charge is 0.508 e. The van der Waals surface area contributed by atoms with Crippen LogP contribution in [0.1, 0.15) is 0 Å². The maximum Gasteiger partial charge on any atom is 0.508 e. The van der Waals surface area contributed by atoms with E-state index in [0.29, 0.717) is 23.3 Å². The minimum Gasteiger partial charge on any atom is -0.470 e. The number of carbonyl (C=O) groups excluding carboxylic acids is 2. The minimum absolute atomic E-state index is 0.0226. The summed E-state index contributed by atoms with van der Waals surface area (Å²) in [5.74, 6) is 0.107. The van der Waals surface area contributed by atoms with E-state index in [1.165, 1.54) is 11.8 Å². The molecule has 1 aliphatic heterocycles. The van der Waals surface area contributed by atoms with E-state index in [0.717, 1.165) is 6.08 Å². The summed E-state index contributed by atoms with van der Waals surface area (Å²) in [4.78, 5) is 22.1. The average Bonchev–Trinajstić information content (AvgIpc) is 2.56. The molecule has 0 aromatic heterocycles. The molecule has 1 N–H and O–H groups in total. The molecule has 8 nitrogen and oxygen atoms in total. The third-order valence-electron chi connectivity index (χ3n) is 2.37. The number of rotatable bonds is 8. The van der Waals surface area contributed by atoms with Gasteiger partial charge >= 0.3 is 6.16 Å². The van der Waals surface area contributed by atoms with E-state index in [1.807, 2.05) is 0 Å². The van der Waals surface area contributed by atoms with Crippen molar-refractivity contribution in [2.75, 3.05) is 45.5 Å². The van der Waals surface area contributed by atoms with Gasteiger partial charge in [0.1, 0.15) is 26.1 Å². The standard InChI is InChI=1S/C13H19NO7S2/c1-2-11(15)14-3-4-19-12(16)20-5-6-23-13(22)21-10-7-17-9-18-8-10/h2,10H,1,3-9H2,(H,14,15). The van der Waals surface area contributed by atoms with Gasteiger partial charge in [-0.05, 0) is 18.3 Å². The quantitative estimate of drug-likeness (QED) is 0.291. The topological polar surface area (TPSA) is 92.3 Å². The number of hydrogen-bond donors (Lipinski definition) is 1. The van der Waals surface area contributed by atoms with Crippen LogP contribution in [0.4, 0.5) is 4.79 Å². The number of ether oxygens (including phenoxy) is 5. The van der Waals surface area contributed by atoms with E-state index in [2.05, 4.69) is 11.9 Å². The lowest BCUT2D eigenvalue weighted by molar-refractivity contribution is -0.145. The molecular formula is C13H19NO7S2. The summed E-state index contributed by atoms with van der Waals surface area (Å²) in [7, 11) is 0. The molecule has 23 heavy (non-hydrogen) atoms. The van der Waals surface area contributed by atoms with Crippen molar-refractivity contribution in [3.8, 4) is 0 Å². The van der Waals surface area contributed by atoms with E-state index < -0.39 is 6.16 Å². The Balaban J connectivity index is 1.96. The molecule has 1 rings (SSSR count). The number of nitrogens with one attached hydrogen (secondary N) is 1. The van der Waals surface area contributed by atoms with Crippen molar-refractivity contribution in [3.05, 3.63) is 12.7 Å². The lowest BCUT2D eigenvalue weighted by Gasteiger charge is -2.23. The summed E-state index contributed by atoms with van der Waals surface area (Å²) in [6, 6.07) is 0. The zero-order chi connectivity index (χ0) is 16.9. The Kier molecular flexibility index (Phi) is 10.4. The third-order valence-corrected chi connectivity index (χ3v) is 3.52. The van der Waals surface area contributed by atoms with Gasteiger partial charge in [-0.3, -0.25) is 4.79 Å². The molecule has 130 valence electrons. The predicted octanol–water partition coefficient (Wildman–Crippen LogP) is 0.849. The molecule has 1 saturated heterocycles. The summed E-state index contributed by atoms with van der Waals surface area (Å²) in [5, 5.41) is 2.46. The summed E-state index contributed by atoms with van der Waals surface area (Å²) in [5.41, 5.74) is 0. The van der Waals surface area contributed by atoms with Gasteiger partial charge in [0.2, 0.25) is 10.3 Å². The second-order valence-corrected chi connectivity index (χ2v) is 5.84. The molecule has 0 radical (unpaired) electrons. The molecular weight excluding hydrogens is 346 g/mol. The lowest BCUT2D eigenvalue weighted by atomic mass is 10.4. The van der Waals surface area contributed by atoms with Crippen LogP contribution < -0.4 is 5.32 Å². The smallest absolute Gasteiger partial charge is 0.470 e. The van der Waals surface area contributed by atoms with Crippen LogP contribution >= 0.6 is 24.0 Å². The molecule has 0 saturated carbocycles. The fraction of sp³-hybridized carbons (Fsp3) is 0.615. The molecule has 0 spiro atoms. The molecule has 0 bridgehead atoms. The van der Waals surface area contributed by atoms with Crippen molar-refractivity contribution in [3.63, 3.8) is 0 Å². The van der Waals surface area contributed by atoms with Crippen LogP contribution in [0.25, 0.3) is 0 Å². The van der Waals surface area contributed by atoms with Crippen molar-refractivity contribution in [1.82, 2.24) is 5.32 Å². The number of thioether (sulfide) groups is 1. The Hall–Kier alpha value is -1.36. The van der Waals surface area contributed by atoms with E-state index >= 15 is 0 Å². The third kappa shape index (κ3) is 10.1. The van der Waals surface area contributed by atoms with Crippen LogP contribution in [0.15, 0.2) is 12.7 Å². The number of amides is 1. The van der Waals surface area contributed by atoms with Gasteiger partial charge in [0.25, 0.3) is 0 Å². The first kappa shape index (κ1) is 19.7. The normalized spacial score (nSPS) is 14.6. The maximum atomic E-state index is 11.2. The van der Waals surface area contributed by atoms with Gasteiger partial charge in [0.15, 0.2) is 0 Å². The van der Waals surface area contributed by atoms with Crippen LogP contribution in [0, 0.1) is 0 Å². The lowest BCUT2D eigenvalue weighted by Crippen LogP contribution is -2.32. The summed E-state index contributed by atoms with van der Waals surface area (Å²) in [6.07, 6.45) is 0.117. The number of thiocarbonyl (C=S) groups is 1. The highest BCUT2D eigenvalue weighted by molar-refractivity contribution is 8.22. The van der Waals surface area contributed by atoms with Crippen molar-refractivity contribution in [1.29, 1.82) is 0 Å².